The molecule has 0 atom stereocenters. The third-order valence-electron chi connectivity index (χ3n) is 5.45. The summed E-state index contributed by atoms with van der Waals surface area (Å²) in [7, 11) is 0. The number of halogens is 5. The third-order valence-corrected chi connectivity index (χ3v) is 5.45. The zero-order valence-electron chi connectivity index (χ0n) is 20.6. The monoisotopic (exact) mass is 526 g/mol. The van der Waals surface area contributed by atoms with Crippen molar-refractivity contribution < 1.29 is 41.0 Å². The van der Waals surface area contributed by atoms with Crippen LogP contribution in [0.3, 0.4) is 0 Å². The molecule has 0 N–H and O–H groups in total. The Hall–Kier alpha value is -3.36. The van der Waals surface area contributed by atoms with Gasteiger partial charge in [-0.25, -0.2) is 26.7 Å². The average Bonchev–Trinajstić information content (AvgIpc) is 2.90. The molecular weight excluding hydrogens is 495 g/mol. The first-order chi connectivity index (χ1) is 17.8. The van der Waals surface area contributed by atoms with Crippen LogP contribution in [0, 0.1) is 29.1 Å². The topological polar surface area (TPSA) is 44.8 Å². The molecule has 2 aromatic carbocycles. The Balaban J connectivity index is 2.14. The zero-order valence-corrected chi connectivity index (χ0v) is 20.6. The summed E-state index contributed by atoms with van der Waals surface area (Å²) in [6.07, 6.45) is 10.6. The third kappa shape index (κ3) is 8.91. The molecule has 0 spiro atoms. The molecule has 0 heterocycles. The molecule has 9 heteroatoms. The summed E-state index contributed by atoms with van der Waals surface area (Å²) < 4.78 is 84.5. The van der Waals surface area contributed by atoms with Crippen molar-refractivity contribution >= 4 is 5.97 Å². The van der Waals surface area contributed by atoms with Crippen molar-refractivity contribution in [1.82, 2.24) is 0 Å². The Bertz CT molecular complexity index is 1040. The molecule has 0 aromatic heterocycles. The largest absolute Gasteiger partial charge is 0.494 e. The lowest BCUT2D eigenvalue weighted by atomic mass is 10.1. The van der Waals surface area contributed by atoms with Crippen molar-refractivity contribution in [3.05, 3.63) is 83.7 Å². The Kier molecular flexibility index (Phi) is 12.7. The first-order valence-corrected chi connectivity index (χ1v) is 12.1. The highest BCUT2D eigenvalue weighted by Gasteiger charge is 2.27. The number of unbranched alkanes of at least 4 members (excludes halogenated alkanes) is 6. The number of allylic oxidation sites excluding steroid dienone is 2. The van der Waals surface area contributed by atoms with Gasteiger partial charge in [0, 0.05) is 0 Å². The lowest BCUT2D eigenvalue weighted by molar-refractivity contribution is 0.0456. The summed E-state index contributed by atoms with van der Waals surface area (Å²) in [6, 6.07) is 4.47. The number of benzene rings is 2. The number of ether oxygens (including phenoxy) is 3. The van der Waals surface area contributed by atoms with Crippen LogP contribution in [0.1, 0.15) is 67.3 Å². The smallest absolute Gasteiger partial charge is 0.342 e. The van der Waals surface area contributed by atoms with Gasteiger partial charge in [0.1, 0.15) is 23.7 Å². The number of carbonyl (C=O) groups excluding carboxylic acids is 1. The minimum atomic E-state index is -2.29. The van der Waals surface area contributed by atoms with E-state index < -0.39 is 47.2 Å². The van der Waals surface area contributed by atoms with Crippen LogP contribution in [0.25, 0.3) is 0 Å². The minimum Gasteiger partial charge on any atom is -0.494 e. The molecule has 0 fully saturated rings. The maximum atomic E-state index is 14.0. The number of carbonyl (C=O) groups is 1. The molecule has 0 bridgehead atoms. The second-order valence-electron chi connectivity index (χ2n) is 8.26. The van der Waals surface area contributed by atoms with Gasteiger partial charge in [0.2, 0.25) is 5.82 Å². The maximum absolute atomic E-state index is 14.0. The van der Waals surface area contributed by atoms with Gasteiger partial charge in [0.25, 0.3) is 0 Å². The normalized spacial score (nSPS) is 10.7. The summed E-state index contributed by atoms with van der Waals surface area (Å²) in [4.78, 5) is 12.8. The molecule has 4 nitrogen and oxygen atoms in total. The van der Waals surface area contributed by atoms with Gasteiger partial charge in [-0.15, -0.1) is 13.2 Å². The fourth-order valence-corrected chi connectivity index (χ4v) is 3.38. The number of esters is 1. The molecule has 0 amide bonds. The van der Waals surface area contributed by atoms with E-state index in [1.807, 2.05) is 12.2 Å². The average molecular weight is 527 g/mol. The summed E-state index contributed by atoms with van der Waals surface area (Å²) in [5.74, 6) is -11.2. The van der Waals surface area contributed by atoms with Crippen LogP contribution in [-0.2, 0) is 11.3 Å². The summed E-state index contributed by atoms with van der Waals surface area (Å²) in [5, 5.41) is 0. The van der Waals surface area contributed by atoms with Crippen LogP contribution >= 0.6 is 0 Å². The van der Waals surface area contributed by atoms with E-state index in [2.05, 4.69) is 13.2 Å². The lowest BCUT2D eigenvalue weighted by Gasteiger charge is -2.14. The second-order valence-corrected chi connectivity index (χ2v) is 8.26. The van der Waals surface area contributed by atoms with Crippen LogP contribution in [0.15, 0.2) is 43.5 Å². The van der Waals surface area contributed by atoms with E-state index in [0.29, 0.717) is 25.4 Å². The van der Waals surface area contributed by atoms with Crippen LogP contribution in [0.5, 0.6) is 11.5 Å². The van der Waals surface area contributed by atoms with Gasteiger partial charge in [0.15, 0.2) is 23.3 Å². The molecule has 0 saturated carbocycles. The first-order valence-electron chi connectivity index (χ1n) is 12.1. The predicted molar refractivity (Wildman–Crippen MR) is 130 cm³/mol. The molecule has 0 radical (unpaired) electrons. The lowest BCUT2D eigenvalue weighted by Crippen LogP contribution is -2.13. The Morgan fingerprint density at radius 1 is 0.730 bits per heavy atom. The van der Waals surface area contributed by atoms with E-state index in [-0.39, 0.29) is 11.3 Å². The van der Waals surface area contributed by atoms with E-state index in [1.165, 1.54) is 12.1 Å². The molecule has 0 unspecified atom stereocenters. The van der Waals surface area contributed by atoms with E-state index in [4.69, 9.17) is 14.2 Å². The van der Waals surface area contributed by atoms with Gasteiger partial charge < -0.3 is 14.2 Å². The van der Waals surface area contributed by atoms with Crippen LogP contribution in [-0.4, -0.2) is 19.2 Å². The van der Waals surface area contributed by atoms with Crippen molar-refractivity contribution in [3.8, 4) is 11.5 Å². The first kappa shape index (κ1) is 29.9. The van der Waals surface area contributed by atoms with Crippen molar-refractivity contribution in [2.24, 2.45) is 0 Å². The fourth-order valence-electron chi connectivity index (χ4n) is 3.38. The molecule has 2 rings (SSSR count). The predicted octanol–water partition coefficient (Wildman–Crippen LogP) is 7.99. The Morgan fingerprint density at radius 3 is 1.84 bits per heavy atom. The number of rotatable bonds is 17. The van der Waals surface area contributed by atoms with E-state index in [9.17, 15) is 26.7 Å². The van der Waals surface area contributed by atoms with Gasteiger partial charge in [-0.2, -0.15) is 0 Å². The van der Waals surface area contributed by atoms with Gasteiger partial charge in [-0.1, -0.05) is 12.2 Å². The van der Waals surface area contributed by atoms with E-state index in [1.54, 1.807) is 6.07 Å². The maximum Gasteiger partial charge on any atom is 0.342 e. The van der Waals surface area contributed by atoms with Crippen molar-refractivity contribution in [2.75, 3.05) is 13.2 Å². The SMILES string of the molecule is C=CCCCCCOc1ccc(OCCCCCC=C)c(C(=O)OCc2c(F)c(F)c(F)c(F)c2F)c1. The summed E-state index contributed by atoms with van der Waals surface area (Å²) in [6.45, 7) is 6.85. The molecular formula is C28H31F5O4. The highest BCUT2D eigenvalue weighted by Crippen LogP contribution is 2.28. The molecule has 0 aliphatic carbocycles. The summed E-state index contributed by atoms with van der Waals surface area (Å²) >= 11 is 0. The molecule has 0 aliphatic heterocycles. The standard InChI is InChI=1S/C28H31F5O4/c1-3-5-7-9-11-15-35-19-13-14-22(36-16-12-10-8-6-4-2)20(17-19)28(34)37-18-21-23(29)25(31)27(33)26(32)24(21)30/h3-4,13-14,17H,1-2,5-12,15-16,18H2. The minimum absolute atomic E-state index is 0.0980. The molecule has 0 saturated heterocycles. The number of hydrogen-bond acceptors (Lipinski definition) is 4. The quantitative estimate of drug-likeness (QED) is 0.0523. The van der Waals surface area contributed by atoms with Crippen molar-refractivity contribution in [1.29, 1.82) is 0 Å². The Morgan fingerprint density at radius 2 is 1.27 bits per heavy atom. The van der Waals surface area contributed by atoms with Gasteiger partial charge in [-0.3, -0.25) is 0 Å². The molecule has 0 aliphatic rings. The van der Waals surface area contributed by atoms with Gasteiger partial charge in [0.05, 0.1) is 18.8 Å². The highest BCUT2D eigenvalue weighted by molar-refractivity contribution is 5.93. The number of hydrogen-bond donors (Lipinski definition) is 0. The van der Waals surface area contributed by atoms with E-state index >= 15 is 0 Å². The Labute approximate surface area is 213 Å². The summed E-state index contributed by atoms with van der Waals surface area (Å²) in [5.41, 5.74) is -1.35. The van der Waals surface area contributed by atoms with Crippen LogP contribution in [0.2, 0.25) is 0 Å². The van der Waals surface area contributed by atoms with Crippen molar-refractivity contribution in [2.45, 2.75) is 58.0 Å². The van der Waals surface area contributed by atoms with Crippen molar-refractivity contribution in [3.63, 3.8) is 0 Å². The van der Waals surface area contributed by atoms with E-state index in [0.717, 1.165) is 44.9 Å². The second kappa shape index (κ2) is 15.7. The van der Waals surface area contributed by atoms with Gasteiger partial charge in [-0.05, 0) is 69.6 Å². The van der Waals surface area contributed by atoms with Gasteiger partial charge >= 0.3 is 5.97 Å². The molecule has 37 heavy (non-hydrogen) atoms. The zero-order chi connectivity index (χ0) is 27.2. The van der Waals surface area contributed by atoms with Crippen LogP contribution < -0.4 is 9.47 Å². The molecule has 202 valence electrons. The fraction of sp³-hybridized carbons (Fsp3) is 0.393. The highest BCUT2D eigenvalue weighted by atomic mass is 19.2. The van der Waals surface area contributed by atoms with Crippen LogP contribution in [0.4, 0.5) is 22.0 Å². The molecule has 2 aromatic rings.